The maximum absolute atomic E-state index is 13.4. The second-order valence-corrected chi connectivity index (χ2v) is 31.9. The van der Waals surface area contributed by atoms with Crippen molar-refractivity contribution in [3.8, 4) is 0 Å². The fourth-order valence-corrected chi connectivity index (χ4v) is 24.2. The standard InChI is InChI=1S/C48H89NO4Si2/c1-30(2)49(31(3)4)47(51)29-45(50)39(18)43-24-25-44-40(21-20-26-48(43,44)19)22-23-41-27-42(52-54(32(5)6,33(7)8)34(9)10)28-46(38(41)17)53-55(35(11)12,36(13)14)37(15)16/h22-23,30-37,39,42-46,50H,17,20-21,24-29H2,1-16,18-19H3/b40-22?,41-23-/t39-,42-,43+,44-,45?,46+,48+/m0/s1. The molecule has 0 heterocycles. The molecule has 5 nitrogen and oxygen atoms in total. The number of carbonyl (C=O) groups is 1. The molecule has 3 rings (SSSR count). The van der Waals surface area contributed by atoms with Gasteiger partial charge in [-0.15, -0.1) is 0 Å². The van der Waals surface area contributed by atoms with Gasteiger partial charge in [0.2, 0.25) is 22.5 Å². The highest BCUT2D eigenvalue weighted by Gasteiger charge is 2.53. The van der Waals surface area contributed by atoms with Gasteiger partial charge in [0.1, 0.15) is 0 Å². The molecule has 0 spiro atoms. The van der Waals surface area contributed by atoms with Crippen molar-refractivity contribution in [3.05, 3.63) is 35.5 Å². The lowest BCUT2D eigenvalue weighted by atomic mass is 9.60. The van der Waals surface area contributed by atoms with Crippen LogP contribution in [0.5, 0.6) is 0 Å². The summed E-state index contributed by atoms with van der Waals surface area (Å²) in [5, 5.41) is 11.6. The van der Waals surface area contributed by atoms with E-state index >= 15 is 0 Å². The molecule has 7 atom stereocenters. The molecule has 0 aromatic heterocycles. The zero-order valence-corrected chi connectivity index (χ0v) is 41.2. The number of carbonyl (C=O) groups excluding carboxylic acids is 1. The molecule has 0 aromatic rings. The van der Waals surface area contributed by atoms with Crippen molar-refractivity contribution in [2.75, 3.05) is 0 Å². The average molecular weight is 800 g/mol. The van der Waals surface area contributed by atoms with Gasteiger partial charge in [0.15, 0.2) is 0 Å². The van der Waals surface area contributed by atoms with E-state index in [4.69, 9.17) is 15.4 Å². The predicted molar refractivity (Wildman–Crippen MR) is 241 cm³/mol. The first kappa shape index (κ1) is 48.4. The summed E-state index contributed by atoms with van der Waals surface area (Å²) in [6.07, 6.45) is 12.1. The van der Waals surface area contributed by atoms with Crippen molar-refractivity contribution in [2.45, 2.75) is 240 Å². The molecule has 7 heteroatoms. The molecule has 1 N–H and O–H groups in total. The molecule has 55 heavy (non-hydrogen) atoms. The number of allylic oxidation sites excluding steroid dienone is 3. The van der Waals surface area contributed by atoms with Crippen molar-refractivity contribution >= 4 is 22.5 Å². The zero-order valence-electron chi connectivity index (χ0n) is 39.2. The van der Waals surface area contributed by atoms with Gasteiger partial charge in [-0.05, 0) is 134 Å². The Morgan fingerprint density at radius 3 is 1.76 bits per heavy atom. The molecule has 3 fully saturated rings. The Morgan fingerprint density at radius 2 is 1.29 bits per heavy atom. The summed E-state index contributed by atoms with van der Waals surface area (Å²) in [7, 11) is -4.29. The van der Waals surface area contributed by atoms with Crippen LogP contribution in [0.3, 0.4) is 0 Å². The van der Waals surface area contributed by atoms with Crippen LogP contribution in [0.2, 0.25) is 33.2 Å². The molecule has 0 radical (unpaired) electrons. The monoisotopic (exact) mass is 800 g/mol. The van der Waals surface area contributed by atoms with Gasteiger partial charge in [0.25, 0.3) is 0 Å². The Hall–Kier alpha value is -0.996. The van der Waals surface area contributed by atoms with E-state index in [0.29, 0.717) is 45.1 Å². The highest BCUT2D eigenvalue weighted by atomic mass is 28.4. The molecule has 3 aliphatic carbocycles. The summed E-state index contributed by atoms with van der Waals surface area (Å²) in [5.74, 6) is 1.04. The van der Waals surface area contributed by atoms with Crippen LogP contribution >= 0.6 is 0 Å². The summed E-state index contributed by atoms with van der Waals surface area (Å²) in [5.41, 5.74) is 7.27. The Balaban J connectivity index is 2.00. The molecular formula is C48H89NO4Si2. The van der Waals surface area contributed by atoms with Crippen LogP contribution in [-0.4, -0.2) is 62.9 Å². The first-order valence-corrected chi connectivity index (χ1v) is 27.1. The quantitative estimate of drug-likeness (QED) is 0.149. The molecule has 3 aliphatic rings. The number of fused-ring (bicyclic) bond motifs is 1. The highest BCUT2D eigenvalue weighted by Crippen LogP contribution is 2.60. The SMILES string of the molecule is C=C1/C(=C\C=C2CCC[C@]3(C)[C@@H]([C@H](C)C(O)CC(=O)N(C(C)C)C(C)C)CC[C@@H]23)C[C@H](O[Si](C(C)C)(C(C)C)C(C)C)C[C@H]1O[Si](C(C)C)(C(C)C)C(C)C. The Morgan fingerprint density at radius 1 is 0.800 bits per heavy atom. The largest absolute Gasteiger partial charge is 0.413 e. The molecule has 318 valence electrons. The van der Waals surface area contributed by atoms with Gasteiger partial charge in [-0.3, -0.25) is 4.79 Å². The van der Waals surface area contributed by atoms with E-state index in [1.165, 1.54) is 24.0 Å². The number of rotatable bonds is 17. The van der Waals surface area contributed by atoms with Gasteiger partial charge in [0, 0.05) is 18.5 Å². The van der Waals surface area contributed by atoms with Gasteiger partial charge in [-0.1, -0.05) is 121 Å². The average Bonchev–Trinajstić information content (AvgIpc) is 3.41. The summed E-state index contributed by atoms with van der Waals surface area (Å²) < 4.78 is 15.2. The first-order chi connectivity index (χ1) is 25.4. The smallest absolute Gasteiger partial charge is 0.225 e. The lowest BCUT2D eigenvalue weighted by Crippen LogP contribution is -2.54. The Bertz CT molecular complexity index is 1290. The van der Waals surface area contributed by atoms with Crippen LogP contribution in [0, 0.1) is 23.2 Å². The third kappa shape index (κ3) is 9.90. The summed E-state index contributed by atoms with van der Waals surface area (Å²) in [6, 6.07) is 0.255. The van der Waals surface area contributed by atoms with Crippen molar-refractivity contribution in [2.24, 2.45) is 23.2 Å². The van der Waals surface area contributed by atoms with E-state index in [0.717, 1.165) is 32.1 Å². The summed E-state index contributed by atoms with van der Waals surface area (Å²) in [6.45, 7) is 46.5. The van der Waals surface area contributed by atoms with Crippen LogP contribution in [0.25, 0.3) is 0 Å². The molecule has 1 amide bonds. The zero-order chi connectivity index (χ0) is 42.0. The van der Waals surface area contributed by atoms with Crippen LogP contribution < -0.4 is 0 Å². The van der Waals surface area contributed by atoms with Crippen molar-refractivity contribution in [1.82, 2.24) is 4.90 Å². The number of aliphatic hydroxyl groups is 1. The van der Waals surface area contributed by atoms with Gasteiger partial charge < -0.3 is 18.9 Å². The second-order valence-electron chi connectivity index (χ2n) is 21.1. The maximum Gasteiger partial charge on any atom is 0.225 e. The molecule has 0 saturated heterocycles. The summed E-state index contributed by atoms with van der Waals surface area (Å²) >= 11 is 0. The Kier molecular flexibility index (Phi) is 17.0. The molecule has 0 aromatic carbocycles. The van der Waals surface area contributed by atoms with E-state index in [1.54, 1.807) is 5.57 Å². The molecular weight excluding hydrogens is 711 g/mol. The van der Waals surface area contributed by atoms with E-state index < -0.39 is 22.7 Å². The number of amides is 1. The van der Waals surface area contributed by atoms with Gasteiger partial charge in [-0.2, -0.15) is 0 Å². The number of hydrogen-bond donors (Lipinski definition) is 1. The first-order valence-electron chi connectivity index (χ1n) is 22.8. The number of nitrogens with zero attached hydrogens (tertiary/aromatic N) is 1. The Labute approximate surface area is 343 Å². The van der Waals surface area contributed by atoms with Crippen molar-refractivity contribution < 1.29 is 18.8 Å². The lowest BCUT2D eigenvalue weighted by Gasteiger charge is -2.49. The van der Waals surface area contributed by atoms with Crippen LogP contribution in [0.15, 0.2) is 35.5 Å². The topological polar surface area (TPSA) is 59.0 Å². The van der Waals surface area contributed by atoms with E-state index in [2.05, 4.69) is 137 Å². The van der Waals surface area contributed by atoms with Crippen LogP contribution in [0.4, 0.5) is 0 Å². The fraction of sp³-hybridized carbons (Fsp3) is 0.854. The van der Waals surface area contributed by atoms with Crippen molar-refractivity contribution in [3.63, 3.8) is 0 Å². The van der Waals surface area contributed by atoms with Crippen LogP contribution in [0.1, 0.15) is 176 Å². The molecule has 1 unspecified atom stereocenters. The third-order valence-corrected chi connectivity index (χ3v) is 27.7. The van der Waals surface area contributed by atoms with Gasteiger partial charge >= 0.3 is 0 Å². The number of aliphatic hydroxyl groups excluding tert-OH is 1. The number of hydrogen-bond acceptors (Lipinski definition) is 4. The molecule has 0 aliphatic heterocycles. The summed E-state index contributed by atoms with van der Waals surface area (Å²) in [4.78, 5) is 15.3. The van der Waals surface area contributed by atoms with E-state index in [9.17, 15) is 9.90 Å². The van der Waals surface area contributed by atoms with Crippen LogP contribution in [-0.2, 0) is 13.6 Å². The minimum Gasteiger partial charge on any atom is -0.413 e. The second kappa shape index (κ2) is 19.4. The highest BCUT2D eigenvalue weighted by molar-refractivity contribution is 6.78. The molecule has 0 bridgehead atoms. The van der Waals surface area contributed by atoms with Gasteiger partial charge in [-0.25, -0.2) is 0 Å². The maximum atomic E-state index is 13.4. The molecule has 3 saturated carbocycles. The normalized spacial score (nSPS) is 28.3. The van der Waals surface area contributed by atoms with Crippen molar-refractivity contribution in [1.29, 1.82) is 0 Å². The van der Waals surface area contributed by atoms with Gasteiger partial charge in [0.05, 0.1) is 24.7 Å². The van der Waals surface area contributed by atoms with E-state index in [1.807, 2.05) is 4.90 Å². The third-order valence-electron chi connectivity index (χ3n) is 15.4. The van der Waals surface area contributed by atoms with E-state index in [-0.39, 0.29) is 48.0 Å². The minimum atomic E-state index is -2.17. The predicted octanol–water partition coefficient (Wildman–Crippen LogP) is 13.6. The lowest BCUT2D eigenvalue weighted by molar-refractivity contribution is -0.138. The fourth-order valence-electron chi connectivity index (χ4n) is 13.0. The minimum absolute atomic E-state index is 0.0275.